The van der Waals surface area contributed by atoms with E-state index in [4.69, 9.17) is 9.47 Å². The van der Waals surface area contributed by atoms with Gasteiger partial charge in [0.25, 0.3) is 0 Å². The highest BCUT2D eigenvalue weighted by molar-refractivity contribution is 5.27. The van der Waals surface area contributed by atoms with Crippen molar-refractivity contribution in [2.45, 2.75) is 20.1 Å². The Morgan fingerprint density at radius 1 is 0.905 bits per heavy atom. The van der Waals surface area contributed by atoms with Crippen LogP contribution in [0.15, 0.2) is 48.5 Å². The van der Waals surface area contributed by atoms with E-state index in [-0.39, 0.29) is 0 Å². The molecule has 0 radical (unpaired) electrons. The van der Waals surface area contributed by atoms with Crippen LogP contribution in [-0.4, -0.2) is 20.3 Å². The molecule has 2 aromatic carbocycles. The van der Waals surface area contributed by atoms with Gasteiger partial charge in [-0.25, -0.2) is 0 Å². The van der Waals surface area contributed by atoms with Gasteiger partial charge in [-0.1, -0.05) is 29.8 Å². The zero-order chi connectivity index (χ0) is 14.9. The van der Waals surface area contributed by atoms with Crippen molar-refractivity contribution in [2.75, 3.05) is 20.3 Å². The molecule has 2 rings (SSSR count). The number of benzene rings is 2. The molecule has 2 aromatic rings. The number of hydrogen-bond acceptors (Lipinski definition) is 2. The largest absolute Gasteiger partial charge is 0.489 e. The average molecular weight is 286 g/mol. The fourth-order valence-corrected chi connectivity index (χ4v) is 2.04. The second-order valence-corrected chi connectivity index (χ2v) is 5.19. The minimum atomic E-state index is 0.611. The lowest BCUT2D eigenvalue weighted by atomic mass is 10.2. The molecule has 2 N–H and O–H groups in total. The van der Waals surface area contributed by atoms with Crippen molar-refractivity contribution < 1.29 is 14.8 Å². The Bertz CT molecular complexity index is 520. The molecule has 0 heterocycles. The quantitative estimate of drug-likeness (QED) is 0.756. The third kappa shape index (κ3) is 5.58. The summed E-state index contributed by atoms with van der Waals surface area (Å²) >= 11 is 0. The van der Waals surface area contributed by atoms with E-state index in [0.29, 0.717) is 6.61 Å². The minimum Gasteiger partial charge on any atom is -0.489 e. The molecule has 0 aromatic heterocycles. The summed E-state index contributed by atoms with van der Waals surface area (Å²) in [6.45, 7) is 5.45. The van der Waals surface area contributed by atoms with Crippen LogP contribution in [0.1, 0.15) is 16.7 Å². The first kappa shape index (κ1) is 15.5. The van der Waals surface area contributed by atoms with Crippen molar-refractivity contribution in [3.8, 4) is 5.75 Å². The van der Waals surface area contributed by atoms with Crippen molar-refractivity contribution in [3.05, 3.63) is 65.2 Å². The van der Waals surface area contributed by atoms with Gasteiger partial charge in [0.2, 0.25) is 0 Å². The minimum absolute atomic E-state index is 0.611. The van der Waals surface area contributed by atoms with E-state index in [9.17, 15) is 0 Å². The van der Waals surface area contributed by atoms with E-state index in [0.717, 1.165) is 25.4 Å². The highest BCUT2D eigenvalue weighted by atomic mass is 16.5. The lowest BCUT2D eigenvalue weighted by molar-refractivity contribution is -0.671. The normalized spacial score (nSPS) is 10.6. The molecule has 0 unspecified atom stereocenters. The molecule has 0 bridgehead atoms. The molecule has 0 aliphatic heterocycles. The number of rotatable bonds is 8. The summed E-state index contributed by atoms with van der Waals surface area (Å²) in [7, 11) is 1.73. The van der Waals surface area contributed by atoms with Gasteiger partial charge >= 0.3 is 0 Å². The zero-order valence-electron chi connectivity index (χ0n) is 12.8. The predicted octanol–water partition coefficient (Wildman–Crippen LogP) is 2.28. The maximum atomic E-state index is 5.80. The Morgan fingerprint density at radius 2 is 1.57 bits per heavy atom. The number of ether oxygens (including phenoxy) is 2. The molecule has 0 saturated heterocycles. The molecule has 0 amide bonds. The van der Waals surface area contributed by atoms with E-state index in [1.54, 1.807) is 7.11 Å². The summed E-state index contributed by atoms with van der Waals surface area (Å²) in [6.07, 6.45) is 0. The SMILES string of the molecule is COCC[NH2+]Cc1ccc(OCc2ccc(C)cc2)cc1. The number of methoxy groups -OCH3 is 1. The first-order valence-corrected chi connectivity index (χ1v) is 7.36. The van der Waals surface area contributed by atoms with Gasteiger partial charge in [0.1, 0.15) is 18.9 Å². The van der Waals surface area contributed by atoms with Crippen LogP contribution in [0.5, 0.6) is 5.75 Å². The van der Waals surface area contributed by atoms with Crippen LogP contribution in [0.4, 0.5) is 0 Å². The molecule has 3 heteroatoms. The van der Waals surface area contributed by atoms with Gasteiger partial charge in [0.05, 0.1) is 13.2 Å². The Labute approximate surface area is 126 Å². The second-order valence-electron chi connectivity index (χ2n) is 5.19. The van der Waals surface area contributed by atoms with Crippen LogP contribution >= 0.6 is 0 Å². The van der Waals surface area contributed by atoms with Crippen LogP contribution in [0, 0.1) is 6.92 Å². The fraction of sp³-hybridized carbons (Fsp3) is 0.333. The summed E-state index contributed by atoms with van der Waals surface area (Å²) in [5, 5.41) is 2.24. The van der Waals surface area contributed by atoms with E-state index < -0.39 is 0 Å². The van der Waals surface area contributed by atoms with Crippen LogP contribution in [0.3, 0.4) is 0 Å². The highest BCUT2D eigenvalue weighted by Crippen LogP contribution is 2.14. The van der Waals surface area contributed by atoms with Crippen molar-refractivity contribution >= 4 is 0 Å². The van der Waals surface area contributed by atoms with Crippen LogP contribution in [-0.2, 0) is 17.9 Å². The molecular formula is C18H24NO2+. The topological polar surface area (TPSA) is 35.1 Å². The molecule has 0 fully saturated rings. The highest BCUT2D eigenvalue weighted by Gasteiger charge is 1.99. The van der Waals surface area contributed by atoms with Gasteiger partial charge in [-0.15, -0.1) is 0 Å². The summed E-state index contributed by atoms with van der Waals surface area (Å²) < 4.78 is 10.8. The Morgan fingerprint density at radius 3 is 2.24 bits per heavy atom. The number of quaternary nitrogens is 1. The lowest BCUT2D eigenvalue weighted by Crippen LogP contribution is -2.83. The first-order valence-electron chi connectivity index (χ1n) is 7.36. The van der Waals surface area contributed by atoms with Crippen molar-refractivity contribution in [1.82, 2.24) is 0 Å². The Balaban J connectivity index is 1.78. The first-order chi connectivity index (χ1) is 10.3. The lowest BCUT2D eigenvalue weighted by Gasteiger charge is -2.07. The summed E-state index contributed by atoms with van der Waals surface area (Å²) in [6, 6.07) is 16.7. The molecule has 0 aliphatic carbocycles. The zero-order valence-corrected chi connectivity index (χ0v) is 12.8. The summed E-state index contributed by atoms with van der Waals surface area (Å²) in [4.78, 5) is 0. The fourth-order valence-electron chi connectivity index (χ4n) is 2.04. The van der Waals surface area contributed by atoms with Crippen LogP contribution in [0.25, 0.3) is 0 Å². The Kier molecular flexibility index (Phi) is 6.25. The maximum Gasteiger partial charge on any atom is 0.119 e. The van der Waals surface area contributed by atoms with Gasteiger partial charge in [-0.3, -0.25) is 0 Å². The van der Waals surface area contributed by atoms with Crippen LogP contribution < -0.4 is 10.1 Å². The third-order valence-electron chi connectivity index (χ3n) is 3.36. The number of nitrogens with two attached hydrogens (primary N) is 1. The van der Waals surface area contributed by atoms with E-state index in [2.05, 4.69) is 48.6 Å². The molecule has 3 nitrogen and oxygen atoms in total. The van der Waals surface area contributed by atoms with E-state index in [1.165, 1.54) is 16.7 Å². The van der Waals surface area contributed by atoms with Crippen molar-refractivity contribution in [2.24, 2.45) is 0 Å². The predicted molar refractivity (Wildman–Crippen MR) is 84.3 cm³/mol. The van der Waals surface area contributed by atoms with Crippen molar-refractivity contribution in [1.29, 1.82) is 0 Å². The van der Waals surface area contributed by atoms with Gasteiger partial charge in [0.15, 0.2) is 0 Å². The third-order valence-corrected chi connectivity index (χ3v) is 3.36. The van der Waals surface area contributed by atoms with Crippen LogP contribution in [0.2, 0.25) is 0 Å². The van der Waals surface area contributed by atoms with Crippen molar-refractivity contribution in [3.63, 3.8) is 0 Å². The van der Waals surface area contributed by atoms with Gasteiger partial charge in [-0.2, -0.15) is 0 Å². The molecule has 0 saturated carbocycles. The van der Waals surface area contributed by atoms with Gasteiger partial charge in [0, 0.05) is 12.7 Å². The summed E-state index contributed by atoms with van der Waals surface area (Å²) in [5.41, 5.74) is 3.76. The number of aryl methyl sites for hydroxylation is 1. The molecule has 21 heavy (non-hydrogen) atoms. The summed E-state index contributed by atoms with van der Waals surface area (Å²) in [5.74, 6) is 0.913. The molecule has 0 spiro atoms. The Hall–Kier alpha value is -1.84. The van der Waals surface area contributed by atoms with Gasteiger partial charge in [-0.05, 0) is 36.8 Å². The molecular weight excluding hydrogens is 262 g/mol. The number of hydrogen-bond donors (Lipinski definition) is 1. The average Bonchev–Trinajstić information content (AvgIpc) is 2.52. The van der Waals surface area contributed by atoms with Gasteiger partial charge < -0.3 is 14.8 Å². The molecule has 0 aliphatic rings. The second kappa shape index (κ2) is 8.45. The molecule has 112 valence electrons. The maximum absolute atomic E-state index is 5.80. The smallest absolute Gasteiger partial charge is 0.119 e. The molecule has 0 atom stereocenters. The monoisotopic (exact) mass is 286 g/mol. The van der Waals surface area contributed by atoms with E-state index in [1.807, 2.05) is 12.1 Å². The van der Waals surface area contributed by atoms with E-state index >= 15 is 0 Å². The standard InChI is InChI=1S/C18H23NO2/c1-15-3-5-17(6-4-15)14-21-18-9-7-16(8-10-18)13-19-11-12-20-2/h3-10,19H,11-14H2,1-2H3/p+1.